The average molecular weight is 579 g/mol. The average Bonchev–Trinajstić information content (AvgIpc) is 3.46. The number of aromatic nitrogens is 2. The molecule has 1 atom stereocenters. The van der Waals surface area contributed by atoms with E-state index < -0.39 is 17.7 Å². The van der Waals surface area contributed by atoms with Crippen LogP contribution < -0.4 is 4.90 Å². The third-order valence-corrected chi connectivity index (χ3v) is 8.42. The van der Waals surface area contributed by atoms with Gasteiger partial charge in [0.05, 0.1) is 11.6 Å². The van der Waals surface area contributed by atoms with Crippen LogP contribution in [0.25, 0.3) is 5.76 Å². The minimum atomic E-state index is -0.822. The van der Waals surface area contributed by atoms with E-state index in [4.69, 9.17) is 0 Å². The van der Waals surface area contributed by atoms with E-state index in [0.717, 1.165) is 10.0 Å². The second-order valence-electron chi connectivity index (χ2n) is 8.21. The molecular weight excluding hydrogens is 558 g/mol. The van der Waals surface area contributed by atoms with Crippen LogP contribution in [0.2, 0.25) is 0 Å². The number of aliphatic hydroxyl groups is 1. The molecule has 1 aliphatic rings. The molecule has 0 bridgehead atoms. The first-order chi connectivity index (χ1) is 17.4. The van der Waals surface area contributed by atoms with Gasteiger partial charge < -0.3 is 5.11 Å². The summed E-state index contributed by atoms with van der Waals surface area (Å²) < 4.78 is 1.52. The number of halogens is 1. The zero-order valence-electron chi connectivity index (χ0n) is 19.1. The Balaban J connectivity index is 1.51. The standard InChI is InChI=1S/C27H20BrN3O3S2/c1-16-7-9-17(10-8-16)15-35-27-30-29-26(36-27)31-22(18-5-3-2-4-6-18)21(24(33)25(31)34)23(32)19-11-13-20(28)14-12-19/h2-14,22,32H,15H2,1H3/b23-21-. The van der Waals surface area contributed by atoms with Crippen molar-refractivity contribution in [2.45, 2.75) is 23.1 Å². The predicted molar refractivity (Wildman–Crippen MR) is 146 cm³/mol. The Hall–Kier alpha value is -3.27. The number of aliphatic hydroxyl groups excluding tert-OH is 1. The molecule has 1 saturated heterocycles. The molecule has 0 spiro atoms. The number of nitrogens with zero attached hydrogens (tertiary/aromatic N) is 3. The number of aryl methyl sites for hydroxylation is 1. The van der Waals surface area contributed by atoms with E-state index in [2.05, 4.69) is 50.4 Å². The van der Waals surface area contributed by atoms with Crippen molar-refractivity contribution in [1.82, 2.24) is 10.2 Å². The lowest BCUT2D eigenvalue weighted by Crippen LogP contribution is -2.29. The highest BCUT2D eigenvalue weighted by Gasteiger charge is 2.48. The van der Waals surface area contributed by atoms with Crippen LogP contribution in [0.4, 0.5) is 5.13 Å². The molecule has 0 radical (unpaired) electrons. The van der Waals surface area contributed by atoms with Gasteiger partial charge >= 0.3 is 5.91 Å². The molecular formula is C27H20BrN3O3S2. The fourth-order valence-corrected chi connectivity index (χ4v) is 6.02. The number of hydrogen-bond donors (Lipinski definition) is 1. The van der Waals surface area contributed by atoms with Gasteiger partial charge in [-0.2, -0.15) is 0 Å². The normalized spacial score (nSPS) is 17.1. The SMILES string of the molecule is Cc1ccc(CSc2nnc(N3C(=O)C(=O)/C(=C(\O)c4ccc(Br)cc4)C3c3ccccc3)s2)cc1. The van der Waals surface area contributed by atoms with Crippen LogP contribution in [0.15, 0.2) is 93.2 Å². The Morgan fingerprint density at radius 1 is 1.00 bits per heavy atom. The van der Waals surface area contributed by atoms with Gasteiger partial charge in [0, 0.05) is 15.8 Å². The Labute approximate surface area is 224 Å². The molecule has 3 aromatic carbocycles. The number of anilines is 1. The molecule has 1 aromatic heterocycles. The third kappa shape index (κ3) is 4.86. The van der Waals surface area contributed by atoms with E-state index in [1.165, 1.54) is 33.6 Å². The summed E-state index contributed by atoms with van der Waals surface area (Å²) in [5, 5.41) is 20.0. The smallest absolute Gasteiger partial charge is 0.301 e. The first kappa shape index (κ1) is 24.4. The predicted octanol–water partition coefficient (Wildman–Crippen LogP) is 6.53. The summed E-state index contributed by atoms with van der Waals surface area (Å²) >= 11 is 6.15. The molecule has 1 unspecified atom stereocenters. The summed E-state index contributed by atoms with van der Waals surface area (Å²) in [5.41, 5.74) is 3.52. The van der Waals surface area contributed by atoms with Gasteiger partial charge in [0.15, 0.2) is 4.34 Å². The maximum Gasteiger partial charge on any atom is 0.301 e. The van der Waals surface area contributed by atoms with Crippen LogP contribution in [-0.4, -0.2) is 27.0 Å². The van der Waals surface area contributed by atoms with Crippen LogP contribution in [0.1, 0.15) is 28.3 Å². The maximum atomic E-state index is 13.3. The van der Waals surface area contributed by atoms with Crippen molar-refractivity contribution in [3.63, 3.8) is 0 Å². The molecule has 4 aromatic rings. The van der Waals surface area contributed by atoms with E-state index in [0.29, 0.717) is 26.4 Å². The van der Waals surface area contributed by atoms with Crippen molar-refractivity contribution in [1.29, 1.82) is 0 Å². The topological polar surface area (TPSA) is 83.4 Å². The number of carbonyl (C=O) groups excluding carboxylic acids is 2. The fourth-order valence-electron chi connectivity index (χ4n) is 3.93. The number of carbonyl (C=O) groups is 2. The number of hydrogen-bond acceptors (Lipinski definition) is 7. The zero-order chi connectivity index (χ0) is 25.2. The Morgan fingerprint density at radius 2 is 1.69 bits per heavy atom. The van der Waals surface area contributed by atoms with Gasteiger partial charge in [-0.3, -0.25) is 14.5 Å². The number of rotatable bonds is 6. The molecule has 9 heteroatoms. The minimum Gasteiger partial charge on any atom is -0.507 e. The summed E-state index contributed by atoms with van der Waals surface area (Å²) in [5.74, 6) is -1.02. The molecule has 180 valence electrons. The van der Waals surface area contributed by atoms with Crippen molar-refractivity contribution < 1.29 is 14.7 Å². The Morgan fingerprint density at radius 3 is 2.39 bits per heavy atom. The second-order valence-corrected chi connectivity index (χ2v) is 11.3. The Bertz CT molecular complexity index is 1450. The first-order valence-electron chi connectivity index (χ1n) is 11.1. The van der Waals surface area contributed by atoms with Crippen molar-refractivity contribution in [2.24, 2.45) is 0 Å². The van der Waals surface area contributed by atoms with Gasteiger partial charge in [-0.05, 0) is 30.2 Å². The van der Waals surface area contributed by atoms with Crippen molar-refractivity contribution in [2.75, 3.05) is 4.90 Å². The van der Waals surface area contributed by atoms with E-state index in [1.807, 2.05) is 37.3 Å². The Kier molecular flexibility index (Phi) is 7.04. The molecule has 1 fully saturated rings. The lowest BCUT2D eigenvalue weighted by Gasteiger charge is -2.22. The summed E-state index contributed by atoms with van der Waals surface area (Å²) in [6, 6.07) is 23.5. The van der Waals surface area contributed by atoms with Crippen LogP contribution in [0.5, 0.6) is 0 Å². The van der Waals surface area contributed by atoms with E-state index in [9.17, 15) is 14.7 Å². The van der Waals surface area contributed by atoms with Crippen LogP contribution >= 0.6 is 39.0 Å². The molecule has 0 saturated carbocycles. The highest BCUT2D eigenvalue weighted by Crippen LogP contribution is 2.44. The summed E-state index contributed by atoms with van der Waals surface area (Å²) in [7, 11) is 0. The van der Waals surface area contributed by atoms with Crippen LogP contribution in [0, 0.1) is 6.92 Å². The number of Topliss-reactive ketones (excluding diaryl/α,β-unsaturated/α-hetero) is 1. The summed E-state index contributed by atoms with van der Waals surface area (Å²) in [4.78, 5) is 27.8. The van der Waals surface area contributed by atoms with Gasteiger partial charge in [-0.15, -0.1) is 10.2 Å². The number of ketones is 1. The highest BCUT2D eigenvalue weighted by molar-refractivity contribution is 9.10. The van der Waals surface area contributed by atoms with E-state index in [1.54, 1.807) is 24.3 Å². The van der Waals surface area contributed by atoms with Crippen LogP contribution in [0.3, 0.4) is 0 Å². The van der Waals surface area contributed by atoms with E-state index in [-0.39, 0.29) is 11.3 Å². The minimum absolute atomic E-state index is 0.0255. The van der Waals surface area contributed by atoms with Gasteiger partial charge in [-0.25, -0.2) is 0 Å². The van der Waals surface area contributed by atoms with Gasteiger partial charge in [0.1, 0.15) is 5.76 Å². The molecule has 1 aliphatic heterocycles. The lowest BCUT2D eigenvalue weighted by molar-refractivity contribution is -0.132. The van der Waals surface area contributed by atoms with Gasteiger partial charge in [0.25, 0.3) is 5.78 Å². The third-order valence-electron chi connectivity index (χ3n) is 5.76. The number of amides is 1. The van der Waals surface area contributed by atoms with Crippen molar-refractivity contribution in [3.05, 3.63) is 111 Å². The number of benzene rings is 3. The lowest BCUT2D eigenvalue weighted by atomic mass is 9.95. The summed E-state index contributed by atoms with van der Waals surface area (Å²) in [6.45, 7) is 2.04. The van der Waals surface area contributed by atoms with Crippen molar-refractivity contribution in [3.8, 4) is 0 Å². The quantitative estimate of drug-likeness (QED) is 0.0922. The van der Waals surface area contributed by atoms with Gasteiger partial charge in [0.2, 0.25) is 5.13 Å². The first-order valence-corrected chi connectivity index (χ1v) is 13.7. The maximum absolute atomic E-state index is 13.3. The second kappa shape index (κ2) is 10.4. The van der Waals surface area contributed by atoms with E-state index >= 15 is 0 Å². The molecule has 2 heterocycles. The zero-order valence-corrected chi connectivity index (χ0v) is 22.3. The van der Waals surface area contributed by atoms with Crippen LogP contribution in [-0.2, 0) is 15.3 Å². The highest BCUT2D eigenvalue weighted by atomic mass is 79.9. The largest absolute Gasteiger partial charge is 0.507 e. The molecule has 5 rings (SSSR count). The molecule has 6 nitrogen and oxygen atoms in total. The molecule has 1 amide bonds. The molecule has 1 N–H and O–H groups in total. The molecule has 36 heavy (non-hydrogen) atoms. The summed E-state index contributed by atoms with van der Waals surface area (Å²) in [6.07, 6.45) is 0. The fraction of sp³-hybridized carbons (Fsp3) is 0.111. The van der Waals surface area contributed by atoms with Gasteiger partial charge in [-0.1, -0.05) is 111 Å². The number of thioether (sulfide) groups is 1. The van der Waals surface area contributed by atoms with Crippen molar-refractivity contribution >= 4 is 61.6 Å². The molecule has 0 aliphatic carbocycles. The monoisotopic (exact) mass is 577 g/mol.